The second-order valence-electron chi connectivity index (χ2n) is 4.65. The summed E-state index contributed by atoms with van der Waals surface area (Å²) in [5.74, 6) is -1.54. The Hall–Kier alpha value is -2.19. The highest BCUT2D eigenvalue weighted by Gasteiger charge is 2.18. The van der Waals surface area contributed by atoms with Crippen LogP contribution in [0, 0.1) is 17.0 Å². The number of nitro groups is 1. The number of carboxylic acids is 1. The van der Waals surface area contributed by atoms with Crippen molar-refractivity contribution < 1.29 is 19.6 Å². The third-order valence-electron chi connectivity index (χ3n) is 2.92. The highest BCUT2D eigenvalue weighted by molar-refractivity contribution is 5.85. The average Bonchev–Trinajstić information content (AvgIpc) is 2.39. The van der Waals surface area contributed by atoms with E-state index in [4.69, 9.17) is 10.8 Å². The molecule has 1 rings (SSSR count). The molecule has 0 spiro atoms. The maximum Gasteiger partial charge on any atom is 0.305 e. The molecule has 0 radical (unpaired) electrons. The van der Waals surface area contributed by atoms with Crippen molar-refractivity contribution in [3.05, 3.63) is 39.4 Å². The van der Waals surface area contributed by atoms with Gasteiger partial charge in [0.15, 0.2) is 0 Å². The van der Waals surface area contributed by atoms with E-state index in [0.717, 1.165) is 0 Å². The van der Waals surface area contributed by atoms with Crippen LogP contribution in [0.2, 0.25) is 0 Å². The van der Waals surface area contributed by atoms with Gasteiger partial charge in [-0.3, -0.25) is 19.7 Å². The number of nitro benzene ring substituents is 1. The fraction of sp³-hybridized carbons (Fsp3) is 0.385. The number of carboxylic acid groups (broad SMARTS) is 1. The molecule has 1 amide bonds. The van der Waals surface area contributed by atoms with Gasteiger partial charge in [-0.1, -0.05) is 12.1 Å². The first kappa shape index (κ1) is 19.8. The summed E-state index contributed by atoms with van der Waals surface area (Å²) in [6, 6.07) is 3.99. The minimum atomic E-state index is -1.07. The normalized spacial score (nSPS) is 11.2. The Bertz CT molecular complexity index is 565. The summed E-state index contributed by atoms with van der Waals surface area (Å²) >= 11 is 0. The summed E-state index contributed by atoms with van der Waals surface area (Å²) in [7, 11) is 0. The zero-order valence-electron chi connectivity index (χ0n) is 11.9. The fourth-order valence-electron chi connectivity index (χ4n) is 1.93. The first-order chi connectivity index (χ1) is 9.83. The second kappa shape index (κ2) is 8.96. The number of carbonyl (C=O) groups is 2. The van der Waals surface area contributed by atoms with Crippen molar-refractivity contribution in [1.82, 2.24) is 5.32 Å². The smallest absolute Gasteiger partial charge is 0.305 e. The molecule has 1 aromatic carbocycles. The number of nitrogens with zero attached hydrogens (tertiary/aromatic N) is 1. The number of carbonyl (C=O) groups excluding carboxylic acids is 1. The monoisotopic (exact) mass is 331 g/mol. The molecule has 0 aromatic heterocycles. The van der Waals surface area contributed by atoms with Crippen molar-refractivity contribution in [2.45, 2.75) is 25.8 Å². The van der Waals surface area contributed by atoms with Crippen LogP contribution in [0.4, 0.5) is 5.69 Å². The lowest BCUT2D eigenvalue weighted by atomic mass is 10.0. The van der Waals surface area contributed by atoms with Gasteiger partial charge in [-0.2, -0.15) is 0 Å². The molecule has 0 aliphatic carbocycles. The largest absolute Gasteiger partial charge is 0.481 e. The average molecular weight is 332 g/mol. The van der Waals surface area contributed by atoms with Gasteiger partial charge in [-0.25, -0.2) is 0 Å². The van der Waals surface area contributed by atoms with Gasteiger partial charge < -0.3 is 16.2 Å². The van der Waals surface area contributed by atoms with Crippen LogP contribution in [0.5, 0.6) is 0 Å². The number of benzene rings is 1. The molecule has 0 heterocycles. The van der Waals surface area contributed by atoms with Crippen LogP contribution < -0.4 is 11.1 Å². The SMILES string of the molecule is Cc1ccc(CC(CC(=O)O)NC(=O)CN)cc1[N+](=O)[O-].Cl. The van der Waals surface area contributed by atoms with Crippen LogP contribution in [0.15, 0.2) is 18.2 Å². The predicted molar refractivity (Wildman–Crippen MR) is 82.0 cm³/mol. The number of nitrogens with two attached hydrogens (primary N) is 1. The molecule has 0 saturated carbocycles. The molecule has 22 heavy (non-hydrogen) atoms. The number of aliphatic carboxylic acids is 1. The van der Waals surface area contributed by atoms with Gasteiger partial charge in [0.1, 0.15) is 0 Å². The van der Waals surface area contributed by atoms with Gasteiger partial charge >= 0.3 is 5.97 Å². The molecular formula is C13H18ClN3O5. The molecule has 122 valence electrons. The highest BCUT2D eigenvalue weighted by Crippen LogP contribution is 2.20. The Balaban J connectivity index is 0.00000441. The minimum Gasteiger partial charge on any atom is -0.481 e. The third-order valence-corrected chi connectivity index (χ3v) is 2.92. The van der Waals surface area contributed by atoms with Crippen molar-refractivity contribution in [2.24, 2.45) is 5.73 Å². The number of halogens is 1. The Labute approximate surface area is 133 Å². The maximum atomic E-state index is 11.3. The van der Waals surface area contributed by atoms with E-state index in [1.165, 1.54) is 6.07 Å². The second-order valence-corrected chi connectivity index (χ2v) is 4.65. The van der Waals surface area contributed by atoms with Crippen molar-refractivity contribution in [2.75, 3.05) is 6.54 Å². The summed E-state index contributed by atoms with van der Waals surface area (Å²) in [6.45, 7) is 1.37. The number of hydrogen-bond donors (Lipinski definition) is 3. The molecular weight excluding hydrogens is 314 g/mol. The van der Waals surface area contributed by atoms with E-state index in [0.29, 0.717) is 11.1 Å². The van der Waals surface area contributed by atoms with E-state index in [-0.39, 0.29) is 37.5 Å². The first-order valence-corrected chi connectivity index (χ1v) is 6.28. The molecule has 0 aliphatic rings. The van der Waals surface area contributed by atoms with E-state index in [9.17, 15) is 19.7 Å². The molecule has 0 saturated heterocycles. The van der Waals surface area contributed by atoms with E-state index in [2.05, 4.69) is 5.32 Å². The number of hydrogen-bond acceptors (Lipinski definition) is 5. The summed E-state index contributed by atoms with van der Waals surface area (Å²) in [4.78, 5) is 32.5. The quantitative estimate of drug-likeness (QED) is 0.499. The van der Waals surface area contributed by atoms with Crippen LogP contribution in [0.25, 0.3) is 0 Å². The summed E-state index contributed by atoms with van der Waals surface area (Å²) in [6.07, 6.45) is -0.105. The topological polar surface area (TPSA) is 136 Å². The number of rotatable bonds is 7. The standard InChI is InChI=1S/C13H17N3O5.ClH/c1-8-2-3-9(5-11(8)16(20)21)4-10(6-13(18)19)15-12(17)7-14;/h2-3,5,10H,4,6-7,14H2,1H3,(H,15,17)(H,18,19);1H. The van der Waals surface area contributed by atoms with Gasteiger partial charge in [-0.15, -0.1) is 12.4 Å². The van der Waals surface area contributed by atoms with Crippen LogP contribution in [0.1, 0.15) is 17.5 Å². The molecule has 1 atom stereocenters. The molecule has 0 bridgehead atoms. The van der Waals surface area contributed by atoms with E-state index >= 15 is 0 Å². The zero-order chi connectivity index (χ0) is 16.0. The molecule has 0 aliphatic heterocycles. The number of amides is 1. The third kappa shape index (κ3) is 6.06. The highest BCUT2D eigenvalue weighted by atomic mass is 35.5. The molecule has 9 heteroatoms. The minimum absolute atomic E-state index is 0. The summed E-state index contributed by atoms with van der Waals surface area (Å²) in [5, 5.41) is 22.2. The van der Waals surface area contributed by atoms with Crippen LogP contribution in [-0.4, -0.2) is 34.5 Å². The van der Waals surface area contributed by atoms with E-state index in [1.807, 2.05) is 0 Å². The van der Waals surface area contributed by atoms with Crippen molar-refractivity contribution in [3.8, 4) is 0 Å². The Morgan fingerprint density at radius 3 is 2.59 bits per heavy atom. The van der Waals surface area contributed by atoms with Gasteiger partial charge in [0.05, 0.1) is 17.9 Å². The van der Waals surface area contributed by atoms with Gasteiger partial charge in [0, 0.05) is 17.7 Å². The summed E-state index contributed by atoms with van der Waals surface area (Å²) in [5.41, 5.74) is 6.24. The van der Waals surface area contributed by atoms with Gasteiger partial charge in [-0.05, 0) is 18.9 Å². The van der Waals surface area contributed by atoms with Crippen molar-refractivity contribution in [3.63, 3.8) is 0 Å². The maximum absolute atomic E-state index is 11.3. The van der Waals surface area contributed by atoms with Crippen LogP contribution in [-0.2, 0) is 16.0 Å². The molecule has 1 aromatic rings. The molecule has 1 unspecified atom stereocenters. The van der Waals surface area contributed by atoms with Gasteiger partial charge in [0.25, 0.3) is 5.69 Å². The lowest BCUT2D eigenvalue weighted by Crippen LogP contribution is -2.41. The summed E-state index contributed by atoms with van der Waals surface area (Å²) < 4.78 is 0. The molecule has 0 fully saturated rings. The fourth-order valence-corrected chi connectivity index (χ4v) is 1.93. The van der Waals surface area contributed by atoms with Gasteiger partial charge in [0.2, 0.25) is 5.91 Å². The van der Waals surface area contributed by atoms with E-state index in [1.54, 1.807) is 19.1 Å². The Morgan fingerprint density at radius 2 is 2.09 bits per heavy atom. The van der Waals surface area contributed by atoms with E-state index < -0.39 is 22.8 Å². The number of nitrogens with one attached hydrogen (secondary N) is 1. The molecule has 4 N–H and O–H groups in total. The zero-order valence-corrected chi connectivity index (χ0v) is 12.8. The van der Waals surface area contributed by atoms with Crippen LogP contribution in [0.3, 0.4) is 0 Å². The number of aryl methyl sites for hydroxylation is 1. The Kier molecular flexibility index (Phi) is 8.06. The lowest BCUT2D eigenvalue weighted by Gasteiger charge is -2.16. The lowest BCUT2D eigenvalue weighted by molar-refractivity contribution is -0.385. The van der Waals surface area contributed by atoms with Crippen molar-refractivity contribution >= 4 is 30.0 Å². The Morgan fingerprint density at radius 1 is 1.45 bits per heavy atom. The van der Waals surface area contributed by atoms with Crippen LogP contribution >= 0.6 is 12.4 Å². The first-order valence-electron chi connectivity index (χ1n) is 6.28. The van der Waals surface area contributed by atoms with Crippen molar-refractivity contribution in [1.29, 1.82) is 0 Å². The predicted octanol–water partition coefficient (Wildman–Crippen LogP) is 0.786. The molecule has 8 nitrogen and oxygen atoms in total.